The van der Waals surface area contributed by atoms with Crippen LogP contribution in [0.3, 0.4) is 0 Å². The van der Waals surface area contributed by atoms with Crippen molar-refractivity contribution in [3.8, 4) is 23.2 Å². The van der Waals surface area contributed by atoms with Gasteiger partial charge in [-0.15, -0.1) is 21.5 Å². The van der Waals surface area contributed by atoms with Crippen molar-refractivity contribution in [2.75, 3.05) is 19.5 Å². The number of anilines is 1. The van der Waals surface area contributed by atoms with Crippen molar-refractivity contribution < 1.29 is 14.3 Å². The SMILES string of the molecule is CCOC(=O)c1sc(N)c(C#N)c1CSc1nnc(-c2ccc(OC)cc2)n1C1CCCCC1. The molecule has 0 amide bonds. The van der Waals surface area contributed by atoms with Crippen LogP contribution in [-0.4, -0.2) is 34.5 Å². The predicted molar refractivity (Wildman–Crippen MR) is 133 cm³/mol. The third kappa shape index (κ3) is 4.91. The van der Waals surface area contributed by atoms with Crippen LogP contribution in [0.5, 0.6) is 5.75 Å². The van der Waals surface area contributed by atoms with E-state index in [4.69, 9.17) is 15.2 Å². The second-order valence-corrected chi connectivity index (χ2v) is 9.96. The summed E-state index contributed by atoms with van der Waals surface area (Å²) in [4.78, 5) is 12.9. The summed E-state index contributed by atoms with van der Waals surface area (Å²) in [6.45, 7) is 2.01. The number of rotatable bonds is 8. The predicted octanol–water partition coefficient (Wildman–Crippen LogP) is 5.44. The van der Waals surface area contributed by atoms with Crippen molar-refractivity contribution >= 4 is 34.1 Å². The molecule has 0 radical (unpaired) electrons. The van der Waals surface area contributed by atoms with Crippen LogP contribution < -0.4 is 10.5 Å². The molecule has 3 aromatic rings. The fourth-order valence-corrected chi connectivity index (χ4v) is 6.28. The summed E-state index contributed by atoms with van der Waals surface area (Å²) in [5.41, 5.74) is 7.94. The normalized spacial score (nSPS) is 14.0. The average molecular weight is 498 g/mol. The summed E-state index contributed by atoms with van der Waals surface area (Å²) < 4.78 is 12.7. The van der Waals surface area contributed by atoms with E-state index in [2.05, 4.69) is 20.8 Å². The van der Waals surface area contributed by atoms with E-state index < -0.39 is 5.97 Å². The van der Waals surface area contributed by atoms with E-state index in [1.165, 1.54) is 31.0 Å². The quantitative estimate of drug-likeness (QED) is 0.323. The van der Waals surface area contributed by atoms with Crippen LogP contribution in [-0.2, 0) is 10.5 Å². The Kier molecular flexibility index (Phi) is 7.75. The number of esters is 1. The Balaban J connectivity index is 1.68. The number of ether oxygens (including phenoxy) is 2. The zero-order chi connectivity index (χ0) is 24.1. The Hall–Kier alpha value is -3.03. The molecule has 0 saturated heterocycles. The van der Waals surface area contributed by atoms with E-state index in [1.807, 2.05) is 24.3 Å². The summed E-state index contributed by atoms with van der Waals surface area (Å²) in [6.07, 6.45) is 5.71. The summed E-state index contributed by atoms with van der Waals surface area (Å²) in [5.74, 6) is 1.52. The molecule has 4 rings (SSSR count). The molecule has 0 spiro atoms. The molecule has 1 saturated carbocycles. The molecule has 0 aliphatic heterocycles. The van der Waals surface area contributed by atoms with Gasteiger partial charge in [0.2, 0.25) is 0 Å². The number of thioether (sulfide) groups is 1. The van der Waals surface area contributed by atoms with Gasteiger partial charge in [0.1, 0.15) is 21.7 Å². The first kappa shape index (κ1) is 24.1. The molecule has 0 unspecified atom stereocenters. The average Bonchev–Trinajstić information content (AvgIpc) is 3.43. The number of thiophene rings is 1. The van der Waals surface area contributed by atoms with Gasteiger partial charge in [0, 0.05) is 22.9 Å². The van der Waals surface area contributed by atoms with Gasteiger partial charge < -0.3 is 15.2 Å². The number of hydrogen-bond acceptors (Lipinski definition) is 9. The molecule has 2 heterocycles. The molecule has 34 heavy (non-hydrogen) atoms. The van der Waals surface area contributed by atoms with Gasteiger partial charge in [-0.3, -0.25) is 4.57 Å². The summed E-state index contributed by atoms with van der Waals surface area (Å²) >= 11 is 2.57. The van der Waals surface area contributed by atoms with Crippen molar-refractivity contribution in [2.45, 2.75) is 56.0 Å². The molecule has 2 N–H and O–H groups in total. The lowest BCUT2D eigenvalue weighted by atomic mass is 9.95. The molecule has 0 atom stereocenters. The topological polar surface area (TPSA) is 116 Å². The van der Waals surface area contributed by atoms with Gasteiger partial charge in [-0.05, 0) is 44.0 Å². The Morgan fingerprint density at radius 2 is 2.00 bits per heavy atom. The van der Waals surface area contributed by atoms with E-state index in [0.717, 1.165) is 46.5 Å². The Morgan fingerprint density at radius 3 is 2.65 bits per heavy atom. The van der Waals surface area contributed by atoms with E-state index in [-0.39, 0.29) is 6.61 Å². The monoisotopic (exact) mass is 497 g/mol. The second-order valence-electron chi connectivity index (χ2n) is 7.97. The lowest BCUT2D eigenvalue weighted by Gasteiger charge is -2.25. The number of aromatic nitrogens is 3. The number of nitrogen functional groups attached to an aromatic ring is 1. The minimum atomic E-state index is -0.455. The maximum Gasteiger partial charge on any atom is 0.348 e. The first-order valence-corrected chi connectivity index (χ1v) is 13.1. The molecule has 1 aliphatic carbocycles. The second kappa shape index (κ2) is 10.9. The van der Waals surface area contributed by atoms with Gasteiger partial charge in [-0.25, -0.2) is 4.79 Å². The third-order valence-corrected chi connectivity index (χ3v) is 7.92. The standard InChI is InChI=1S/C24H27N5O3S2/c1-3-32-23(30)20-19(18(13-25)21(26)34-20)14-33-24-28-27-22(15-9-11-17(31-2)12-10-15)29(24)16-7-5-4-6-8-16/h9-12,16H,3-8,14,26H2,1-2H3. The molecule has 1 aromatic carbocycles. The highest BCUT2D eigenvalue weighted by molar-refractivity contribution is 7.98. The zero-order valence-electron chi connectivity index (χ0n) is 19.2. The fraction of sp³-hybridized carbons (Fsp3) is 0.417. The van der Waals surface area contributed by atoms with E-state index in [0.29, 0.717) is 32.8 Å². The highest BCUT2D eigenvalue weighted by Crippen LogP contribution is 2.39. The number of nitrogens with zero attached hydrogens (tertiary/aromatic N) is 4. The minimum Gasteiger partial charge on any atom is -0.497 e. The number of carbonyl (C=O) groups excluding carboxylic acids is 1. The number of hydrogen-bond donors (Lipinski definition) is 1. The smallest absolute Gasteiger partial charge is 0.348 e. The van der Waals surface area contributed by atoms with Crippen LogP contribution in [0.25, 0.3) is 11.4 Å². The van der Waals surface area contributed by atoms with Crippen LogP contribution >= 0.6 is 23.1 Å². The largest absolute Gasteiger partial charge is 0.497 e. The molecule has 8 nitrogen and oxygen atoms in total. The van der Waals surface area contributed by atoms with Crippen LogP contribution in [0.15, 0.2) is 29.4 Å². The number of benzene rings is 1. The lowest BCUT2D eigenvalue weighted by Crippen LogP contribution is -2.15. The summed E-state index contributed by atoms with van der Waals surface area (Å²) in [5, 5.41) is 19.8. The number of nitrogens with two attached hydrogens (primary N) is 1. The first-order chi connectivity index (χ1) is 16.6. The number of nitriles is 1. The van der Waals surface area contributed by atoms with Crippen molar-refractivity contribution in [3.05, 3.63) is 40.3 Å². The van der Waals surface area contributed by atoms with Gasteiger partial charge in [0.05, 0.1) is 19.3 Å². The Morgan fingerprint density at radius 1 is 1.26 bits per heavy atom. The third-order valence-electron chi connectivity index (χ3n) is 5.91. The molecule has 1 aliphatic rings. The lowest BCUT2D eigenvalue weighted by molar-refractivity contribution is 0.0531. The molecule has 178 valence electrons. The maximum atomic E-state index is 12.5. The molecule has 10 heteroatoms. The fourth-order valence-electron chi connectivity index (χ4n) is 4.22. The highest BCUT2D eigenvalue weighted by Gasteiger charge is 2.27. The van der Waals surface area contributed by atoms with Crippen molar-refractivity contribution in [1.29, 1.82) is 5.26 Å². The highest BCUT2D eigenvalue weighted by atomic mass is 32.2. The zero-order valence-corrected chi connectivity index (χ0v) is 20.9. The van der Waals surface area contributed by atoms with E-state index in [1.54, 1.807) is 14.0 Å². The molecular formula is C24H27N5O3S2. The van der Waals surface area contributed by atoms with Crippen LogP contribution in [0.4, 0.5) is 5.00 Å². The summed E-state index contributed by atoms with van der Waals surface area (Å²) in [6, 6.07) is 10.3. The van der Waals surface area contributed by atoms with Gasteiger partial charge in [0.15, 0.2) is 11.0 Å². The molecule has 0 bridgehead atoms. The van der Waals surface area contributed by atoms with Crippen LogP contribution in [0.1, 0.15) is 65.9 Å². The molecular weight excluding hydrogens is 470 g/mol. The number of carbonyl (C=O) groups is 1. The molecule has 2 aromatic heterocycles. The Labute approximate surface area is 207 Å². The molecule has 1 fully saturated rings. The maximum absolute atomic E-state index is 12.5. The van der Waals surface area contributed by atoms with Crippen molar-refractivity contribution in [3.63, 3.8) is 0 Å². The van der Waals surface area contributed by atoms with Gasteiger partial charge in [-0.1, -0.05) is 31.0 Å². The summed E-state index contributed by atoms with van der Waals surface area (Å²) in [7, 11) is 1.64. The number of methoxy groups -OCH3 is 1. The Bertz CT molecular complexity index is 1190. The van der Waals surface area contributed by atoms with Crippen LogP contribution in [0.2, 0.25) is 0 Å². The first-order valence-electron chi connectivity index (χ1n) is 11.3. The van der Waals surface area contributed by atoms with Crippen LogP contribution in [0, 0.1) is 11.3 Å². The minimum absolute atomic E-state index is 0.256. The van der Waals surface area contributed by atoms with Gasteiger partial charge in [0.25, 0.3) is 0 Å². The van der Waals surface area contributed by atoms with Gasteiger partial charge in [-0.2, -0.15) is 5.26 Å². The van der Waals surface area contributed by atoms with Gasteiger partial charge >= 0.3 is 5.97 Å². The van der Waals surface area contributed by atoms with Crippen molar-refractivity contribution in [2.24, 2.45) is 0 Å². The van der Waals surface area contributed by atoms with E-state index in [9.17, 15) is 10.1 Å². The van der Waals surface area contributed by atoms with E-state index >= 15 is 0 Å². The van der Waals surface area contributed by atoms with Crippen molar-refractivity contribution in [1.82, 2.24) is 14.8 Å².